The monoisotopic (exact) mass is 226 g/mol. The predicted octanol–water partition coefficient (Wildman–Crippen LogP) is 2.89. The van der Waals surface area contributed by atoms with Crippen molar-refractivity contribution in [2.75, 3.05) is 27.2 Å². The molecular formula is C14H30N2. The fraction of sp³-hybridized carbons (Fsp3) is 1.00. The van der Waals surface area contributed by atoms with E-state index in [4.69, 9.17) is 0 Å². The first-order chi connectivity index (χ1) is 7.72. The summed E-state index contributed by atoms with van der Waals surface area (Å²) in [6.45, 7) is 4.66. The molecule has 0 aromatic rings. The molecule has 2 heteroatoms. The average molecular weight is 226 g/mol. The van der Waals surface area contributed by atoms with Crippen LogP contribution in [0.2, 0.25) is 0 Å². The Morgan fingerprint density at radius 1 is 1.25 bits per heavy atom. The number of nitrogens with zero attached hydrogens (tertiary/aromatic N) is 1. The van der Waals surface area contributed by atoms with Crippen LogP contribution >= 0.6 is 0 Å². The minimum Gasteiger partial charge on any atom is -0.314 e. The number of nitrogens with one attached hydrogen (secondary N) is 1. The van der Waals surface area contributed by atoms with Gasteiger partial charge in [0, 0.05) is 6.04 Å². The van der Waals surface area contributed by atoms with Crippen molar-refractivity contribution in [3.63, 3.8) is 0 Å². The van der Waals surface area contributed by atoms with E-state index in [1.807, 2.05) is 0 Å². The zero-order valence-electron chi connectivity index (χ0n) is 11.5. The van der Waals surface area contributed by atoms with Crippen molar-refractivity contribution in [2.45, 2.75) is 57.9 Å². The Kier molecular flexibility index (Phi) is 7.06. The van der Waals surface area contributed by atoms with Crippen LogP contribution in [0.1, 0.15) is 51.9 Å². The highest BCUT2D eigenvalue weighted by Gasteiger charge is 2.19. The van der Waals surface area contributed by atoms with E-state index in [0.29, 0.717) is 0 Å². The highest BCUT2D eigenvalue weighted by Crippen LogP contribution is 2.29. The van der Waals surface area contributed by atoms with Crippen molar-refractivity contribution in [2.24, 2.45) is 5.92 Å². The first kappa shape index (κ1) is 14.0. The lowest BCUT2D eigenvalue weighted by Gasteiger charge is -2.23. The molecule has 1 fully saturated rings. The van der Waals surface area contributed by atoms with Gasteiger partial charge in [0.2, 0.25) is 0 Å². The van der Waals surface area contributed by atoms with Crippen molar-refractivity contribution in [3.05, 3.63) is 0 Å². The van der Waals surface area contributed by atoms with Gasteiger partial charge in [-0.05, 0) is 52.4 Å². The van der Waals surface area contributed by atoms with Crippen molar-refractivity contribution in [1.82, 2.24) is 10.2 Å². The summed E-state index contributed by atoms with van der Waals surface area (Å²) in [6, 6.07) is 0.755. The third kappa shape index (κ3) is 5.86. The summed E-state index contributed by atoms with van der Waals surface area (Å²) in [6.07, 6.45) is 9.87. The molecule has 0 amide bonds. The lowest BCUT2D eigenvalue weighted by molar-refractivity contribution is 0.319. The zero-order chi connectivity index (χ0) is 11.8. The second-order valence-corrected chi connectivity index (χ2v) is 5.63. The van der Waals surface area contributed by atoms with Gasteiger partial charge in [0.1, 0.15) is 0 Å². The van der Waals surface area contributed by atoms with Gasteiger partial charge in [0.15, 0.2) is 0 Å². The Hall–Kier alpha value is -0.0800. The maximum absolute atomic E-state index is 3.72. The van der Waals surface area contributed by atoms with Crippen LogP contribution in [0.5, 0.6) is 0 Å². The lowest BCUT2D eigenvalue weighted by Crippen LogP contribution is -2.34. The molecule has 0 aromatic carbocycles. The van der Waals surface area contributed by atoms with Crippen LogP contribution in [0.3, 0.4) is 0 Å². The highest BCUT2D eigenvalue weighted by atomic mass is 15.1. The minimum atomic E-state index is 0.755. The Morgan fingerprint density at radius 3 is 2.50 bits per heavy atom. The largest absolute Gasteiger partial charge is 0.314 e. The van der Waals surface area contributed by atoms with Gasteiger partial charge in [-0.1, -0.05) is 32.6 Å². The summed E-state index contributed by atoms with van der Waals surface area (Å²) in [7, 11) is 4.35. The summed E-state index contributed by atoms with van der Waals surface area (Å²) < 4.78 is 0. The van der Waals surface area contributed by atoms with Gasteiger partial charge in [0.05, 0.1) is 0 Å². The fourth-order valence-corrected chi connectivity index (χ4v) is 2.71. The maximum Gasteiger partial charge on any atom is 0.00818 e. The van der Waals surface area contributed by atoms with Crippen molar-refractivity contribution < 1.29 is 0 Å². The number of rotatable bonds is 8. The third-order valence-corrected chi connectivity index (χ3v) is 3.70. The highest BCUT2D eigenvalue weighted by molar-refractivity contribution is 4.76. The number of hydrogen-bond acceptors (Lipinski definition) is 2. The topological polar surface area (TPSA) is 15.3 Å². The summed E-state index contributed by atoms with van der Waals surface area (Å²) in [5.41, 5.74) is 0. The first-order valence-corrected chi connectivity index (χ1v) is 7.10. The van der Waals surface area contributed by atoms with Crippen LogP contribution in [-0.2, 0) is 0 Å². The third-order valence-electron chi connectivity index (χ3n) is 3.70. The molecule has 1 atom stereocenters. The van der Waals surface area contributed by atoms with Gasteiger partial charge in [0.25, 0.3) is 0 Å². The van der Waals surface area contributed by atoms with E-state index in [1.54, 1.807) is 0 Å². The first-order valence-electron chi connectivity index (χ1n) is 7.10. The molecule has 0 aliphatic heterocycles. The molecule has 96 valence electrons. The Morgan fingerprint density at radius 2 is 1.94 bits per heavy atom. The molecule has 0 spiro atoms. The molecular weight excluding hydrogens is 196 g/mol. The van der Waals surface area contributed by atoms with E-state index in [0.717, 1.165) is 12.0 Å². The maximum atomic E-state index is 3.72. The summed E-state index contributed by atoms with van der Waals surface area (Å²) in [4.78, 5) is 2.30. The van der Waals surface area contributed by atoms with Crippen molar-refractivity contribution in [1.29, 1.82) is 0 Å². The quantitative estimate of drug-likeness (QED) is 0.684. The molecule has 1 unspecified atom stereocenters. The van der Waals surface area contributed by atoms with Crippen LogP contribution in [0.4, 0.5) is 0 Å². The Labute approximate surface area is 102 Å². The fourth-order valence-electron chi connectivity index (χ4n) is 2.71. The van der Waals surface area contributed by atoms with E-state index in [2.05, 4.69) is 31.2 Å². The molecule has 16 heavy (non-hydrogen) atoms. The molecule has 2 nitrogen and oxygen atoms in total. The van der Waals surface area contributed by atoms with E-state index in [9.17, 15) is 0 Å². The van der Waals surface area contributed by atoms with Crippen LogP contribution < -0.4 is 5.32 Å². The van der Waals surface area contributed by atoms with Gasteiger partial charge >= 0.3 is 0 Å². The Balaban J connectivity index is 2.24. The molecule has 0 aromatic heterocycles. The van der Waals surface area contributed by atoms with E-state index in [1.165, 1.54) is 58.0 Å². The van der Waals surface area contributed by atoms with Crippen LogP contribution in [0, 0.1) is 5.92 Å². The van der Waals surface area contributed by atoms with Gasteiger partial charge in [-0.25, -0.2) is 0 Å². The van der Waals surface area contributed by atoms with Gasteiger partial charge in [-0.3, -0.25) is 0 Å². The smallest absolute Gasteiger partial charge is 0.00818 e. The van der Waals surface area contributed by atoms with Crippen molar-refractivity contribution in [3.8, 4) is 0 Å². The summed E-state index contributed by atoms with van der Waals surface area (Å²) in [5.74, 6) is 1.01. The predicted molar refractivity (Wildman–Crippen MR) is 71.8 cm³/mol. The van der Waals surface area contributed by atoms with Crippen LogP contribution in [-0.4, -0.2) is 38.1 Å². The number of hydrogen-bond donors (Lipinski definition) is 1. The molecule has 1 rings (SSSR count). The van der Waals surface area contributed by atoms with E-state index in [-0.39, 0.29) is 0 Å². The molecule has 1 N–H and O–H groups in total. The molecule has 0 saturated heterocycles. The molecule has 1 saturated carbocycles. The zero-order valence-corrected chi connectivity index (χ0v) is 11.5. The average Bonchev–Trinajstić information content (AvgIpc) is 2.74. The molecule has 1 aliphatic rings. The van der Waals surface area contributed by atoms with Gasteiger partial charge in [-0.15, -0.1) is 0 Å². The Bertz CT molecular complexity index is 162. The van der Waals surface area contributed by atoms with Gasteiger partial charge in [-0.2, -0.15) is 0 Å². The molecule has 1 aliphatic carbocycles. The second kappa shape index (κ2) is 8.08. The minimum absolute atomic E-state index is 0.755. The standard InChI is InChI=1S/C14H30N2/c1-4-10-15-14(9-11-16(2)3)12-13-7-5-6-8-13/h13-15H,4-12H2,1-3H3. The SMILES string of the molecule is CCCNC(CCN(C)C)CC1CCCC1. The summed E-state index contributed by atoms with van der Waals surface area (Å²) in [5, 5.41) is 3.72. The van der Waals surface area contributed by atoms with Crippen molar-refractivity contribution >= 4 is 0 Å². The van der Waals surface area contributed by atoms with Crippen LogP contribution in [0.15, 0.2) is 0 Å². The summed E-state index contributed by atoms with van der Waals surface area (Å²) >= 11 is 0. The van der Waals surface area contributed by atoms with E-state index >= 15 is 0 Å². The second-order valence-electron chi connectivity index (χ2n) is 5.63. The molecule has 0 bridgehead atoms. The van der Waals surface area contributed by atoms with Gasteiger partial charge < -0.3 is 10.2 Å². The molecule has 0 radical (unpaired) electrons. The van der Waals surface area contributed by atoms with Crippen LogP contribution in [0.25, 0.3) is 0 Å². The lowest BCUT2D eigenvalue weighted by atomic mass is 9.96. The molecule has 0 heterocycles. The normalized spacial score (nSPS) is 19.5. The van der Waals surface area contributed by atoms with E-state index < -0.39 is 0 Å².